The Hall–Kier alpha value is -1.58. The van der Waals surface area contributed by atoms with E-state index in [1.165, 1.54) is 16.5 Å². The lowest BCUT2D eigenvalue weighted by molar-refractivity contribution is -0.0203. The number of hydrogen-bond acceptors (Lipinski definition) is 2. The van der Waals surface area contributed by atoms with Gasteiger partial charge in [-0.15, -0.1) is 0 Å². The maximum atomic E-state index is 11.3. The summed E-state index contributed by atoms with van der Waals surface area (Å²) in [6, 6.07) is 8.39. The summed E-state index contributed by atoms with van der Waals surface area (Å²) in [5.74, 6) is 0.214. The van der Waals surface area contributed by atoms with Gasteiger partial charge in [-0.1, -0.05) is 29.8 Å². The van der Waals surface area contributed by atoms with Crippen LogP contribution in [0.25, 0.3) is 10.9 Å². The van der Waals surface area contributed by atoms with Crippen molar-refractivity contribution in [3.8, 4) is 0 Å². The number of hydrogen-bond donors (Lipinski definition) is 2. The van der Waals surface area contributed by atoms with E-state index in [-0.39, 0.29) is 5.92 Å². The minimum atomic E-state index is -0.817. The smallest absolute Gasteiger partial charge is 0.108 e. The molecule has 0 radical (unpaired) electrons. The van der Waals surface area contributed by atoms with E-state index in [1.807, 2.05) is 13.0 Å². The van der Waals surface area contributed by atoms with E-state index in [2.05, 4.69) is 41.1 Å². The van der Waals surface area contributed by atoms with Gasteiger partial charge in [0, 0.05) is 29.9 Å². The normalized spacial score (nSPS) is 34.0. The lowest BCUT2D eigenvalue weighted by atomic mass is 9.74. The number of rotatable bonds is 0. The third-order valence-electron chi connectivity index (χ3n) is 5.34. The van der Waals surface area contributed by atoms with Gasteiger partial charge in [0.25, 0.3) is 0 Å². The number of nitrogens with zero attached hydrogens (tertiary/aromatic N) is 1. The molecule has 0 aliphatic carbocycles. The summed E-state index contributed by atoms with van der Waals surface area (Å²) in [7, 11) is 0. The van der Waals surface area contributed by atoms with Gasteiger partial charge < -0.3 is 10.1 Å². The predicted octanol–water partition coefficient (Wildman–Crippen LogP) is 3.16. The van der Waals surface area contributed by atoms with Gasteiger partial charge in [-0.25, -0.2) is 0 Å². The Morgan fingerprint density at radius 3 is 2.95 bits per heavy atom. The highest BCUT2D eigenvalue weighted by molar-refractivity contribution is 5.85. The monoisotopic (exact) mass is 282 g/mol. The fraction of sp³-hybridized carbons (Fsp3) is 0.444. The molecule has 3 aliphatic rings. The Kier molecular flexibility index (Phi) is 2.78. The number of aliphatic hydroxyl groups is 1. The summed E-state index contributed by atoms with van der Waals surface area (Å²) >= 11 is 0. The van der Waals surface area contributed by atoms with Crippen LogP contribution in [0.15, 0.2) is 35.9 Å². The van der Waals surface area contributed by atoms with Crippen molar-refractivity contribution >= 4 is 10.9 Å². The molecule has 3 atom stereocenters. The second kappa shape index (κ2) is 4.46. The molecule has 3 nitrogen and oxygen atoms in total. The molecule has 3 aliphatic heterocycles. The molecular formula is C18H22N2O. The number of benzene rings is 1. The Bertz CT molecular complexity index is 726. The van der Waals surface area contributed by atoms with Crippen molar-refractivity contribution in [1.29, 1.82) is 0 Å². The zero-order valence-electron chi connectivity index (χ0n) is 12.7. The molecule has 1 aromatic carbocycles. The number of piperidine rings is 1. The van der Waals surface area contributed by atoms with E-state index in [0.717, 1.165) is 37.3 Å². The Morgan fingerprint density at radius 2 is 2.14 bits per heavy atom. The number of allylic oxidation sites excluding steroid dienone is 1. The zero-order valence-corrected chi connectivity index (χ0v) is 12.7. The van der Waals surface area contributed by atoms with E-state index in [4.69, 9.17) is 0 Å². The first-order valence-electron chi connectivity index (χ1n) is 7.81. The van der Waals surface area contributed by atoms with Crippen molar-refractivity contribution < 1.29 is 5.11 Å². The van der Waals surface area contributed by atoms with Crippen molar-refractivity contribution in [2.24, 2.45) is 5.92 Å². The van der Waals surface area contributed by atoms with Gasteiger partial charge in [-0.2, -0.15) is 0 Å². The number of H-pyrrole nitrogens is 1. The highest BCUT2D eigenvalue weighted by Crippen LogP contribution is 2.44. The summed E-state index contributed by atoms with van der Waals surface area (Å²) in [4.78, 5) is 6.00. The first-order valence-corrected chi connectivity index (χ1v) is 7.81. The van der Waals surface area contributed by atoms with Gasteiger partial charge in [0.1, 0.15) is 5.60 Å². The van der Waals surface area contributed by atoms with Crippen LogP contribution in [-0.4, -0.2) is 28.1 Å². The predicted molar refractivity (Wildman–Crippen MR) is 85.0 cm³/mol. The molecule has 0 spiro atoms. The van der Waals surface area contributed by atoms with E-state index < -0.39 is 5.60 Å². The van der Waals surface area contributed by atoms with Crippen molar-refractivity contribution in [2.45, 2.75) is 32.4 Å². The first-order chi connectivity index (χ1) is 10.1. The number of fused-ring (bicyclic) bond motifs is 3. The van der Waals surface area contributed by atoms with Gasteiger partial charge in [-0.3, -0.25) is 4.90 Å². The summed E-state index contributed by atoms with van der Waals surface area (Å²) in [5.41, 5.74) is 3.97. The number of para-hydroxylation sites is 1. The minimum absolute atomic E-state index is 0.214. The topological polar surface area (TPSA) is 39.3 Å². The number of aromatic amines is 1. The molecule has 4 heterocycles. The van der Waals surface area contributed by atoms with E-state index >= 15 is 0 Å². The highest BCUT2D eigenvalue weighted by Gasteiger charge is 2.43. The molecule has 21 heavy (non-hydrogen) atoms. The van der Waals surface area contributed by atoms with Crippen LogP contribution in [0.4, 0.5) is 0 Å². The molecule has 2 bridgehead atoms. The molecule has 1 saturated heterocycles. The molecule has 2 aromatic rings. The van der Waals surface area contributed by atoms with E-state index in [0.29, 0.717) is 0 Å². The highest BCUT2D eigenvalue weighted by atomic mass is 16.3. The van der Waals surface area contributed by atoms with Crippen molar-refractivity contribution in [1.82, 2.24) is 9.88 Å². The number of aromatic nitrogens is 1. The molecular weight excluding hydrogens is 260 g/mol. The molecule has 2 N–H and O–H groups in total. The minimum Gasteiger partial charge on any atom is -0.383 e. The van der Waals surface area contributed by atoms with Crippen LogP contribution in [0.5, 0.6) is 0 Å². The van der Waals surface area contributed by atoms with Crippen LogP contribution in [-0.2, 0) is 12.1 Å². The lowest BCUT2D eigenvalue weighted by Crippen LogP contribution is -2.46. The molecule has 0 saturated carbocycles. The van der Waals surface area contributed by atoms with Gasteiger partial charge >= 0.3 is 0 Å². The summed E-state index contributed by atoms with van der Waals surface area (Å²) in [6.07, 6.45) is 3.22. The number of nitrogens with one attached hydrogen (secondary N) is 1. The summed E-state index contributed by atoms with van der Waals surface area (Å²) in [6.45, 7) is 7.04. The van der Waals surface area contributed by atoms with Crippen molar-refractivity contribution in [3.63, 3.8) is 0 Å². The van der Waals surface area contributed by atoms with E-state index in [1.54, 1.807) is 0 Å². The molecule has 1 unspecified atom stereocenters. The molecule has 1 fully saturated rings. The molecule has 1 aromatic heterocycles. The van der Waals surface area contributed by atoms with E-state index in [9.17, 15) is 5.11 Å². The van der Waals surface area contributed by atoms with Crippen molar-refractivity contribution in [3.05, 3.63) is 47.2 Å². The quantitative estimate of drug-likeness (QED) is 0.729. The molecule has 0 amide bonds. The van der Waals surface area contributed by atoms with Crippen LogP contribution in [0.1, 0.15) is 31.5 Å². The summed E-state index contributed by atoms with van der Waals surface area (Å²) in [5, 5.41) is 12.6. The van der Waals surface area contributed by atoms with Gasteiger partial charge in [0.15, 0.2) is 0 Å². The largest absolute Gasteiger partial charge is 0.383 e. The fourth-order valence-corrected chi connectivity index (χ4v) is 4.21. The van der Waals surface area contributed by atoms with Gasteiger partial charge in [0.2, 0.25) is 0 Å². The third-order valence-corrected chi connectivity index (χ3v) is 5.34. The van der Waals surface area contributed by atoms with Crippen molar-refractivity contribution in [2.75, 3.05) is 13.1 Å². The lowest BCUT2D eigenvalue weighted by Gasteiger charge is -2.44. The van der Waals surface area contributed by atoms with Gasteiger partial charge in [-0.05, 0) is 38.4 Å². The molecule has 110 valence electrons. The molecule has 5 rings (SSSR count). The Labute approximate surface area is 125 Å². The molecule has 3 heteroatoms. The standard InChI is InChI=1S/C18H22N2O/c1-3-12-10-20-9-8-15(12)18(2,21)17-14(11-20)13-6-4-5-7-16(13)19-17/h3-7,15,19,21H,8-11H2,1-2H3/b12-3-/t15-,18+/m0/s1. The van der Waals surface area contributed by atoms with Crippen LogP contribution in [0.3, 0.4) is 0 Å². The maximum absolute atomic E-state index is 11.3. The zero-order chi connectivity index (χ0) is 14.6. The Balaban J connectivity index is 1.99. The van der Waals surface area contributed by atoms with Crippen LogP contribution in [0, 0.1) is 5.92 Å². The van der Waals surface area contributed by atoms with Crippen LogP contribution < -0.4 is 0 Å². The SMILES string of the molecule is C/C=C1/CN2CC[C@@H]1[C@@](C)(O)c1[nH]c3ccccc3c1C2. The fourth-order valence-electron chi connectivity index (χ4n) is 4.21. The average molecular weight is 282 g/mol. The third kappa shape index (κ3) is 1.81. The second-order valence-electron chi connectivity index (χ2n) is 6.59. The summed E-state index contributed by atoms with van der Waals surface area (Å²) < 4.78 is 0. The van der Waals surface area contributed by atoms with Gasteiger partial charge in [0.05, 0.1) is 5.69 Å². The van der Waals surface area contributed by atoms with Crippen LogP contribution in [0.2, 0.25) is 0 Å². The average Bonchev–Trinajstić information content (AvgIpc) is 2.85. The van der Waals surface area contributed by atoms with Crippen LogP contribution >= 0.6 is 0 Å². The second-order valence-corrected chi connectivity index (χ2v) is 6.59. The first kappa shape index (κ1) is 13.1. The Morgan fingerprint density at radius 1 is 1.33 bits per heavy atom. The maximum Gasteiger partial charge on any atom is 0.108 e.